The largest absolute Gasteiger partial charge is 0.370 e. The molecule has 1 aliphatic heterocycles. The number of nitrogens with one attached hydrogen (secondary N) is 2. The predicted molar refractivity (Wildman–Crippen MR) is 80.9 cm³/mol. The third-order valence-corrected chi connectivity index (χ3v) is 3.81. The number of carbonyl (C=O) groups is 1. The Bertz CT molecular complexity index is 446. The summed E-state index contributed by atoms with van der Waals surface area (Å²) in [4.78, 5) is 18.8. The summed E-state index contributed by atoms with van der Waals surface area (Å²) >= 11 is 0. The number of likely N-dealkylation sites (tertiary alicyclic amines) is 1. The van der Waals surface area contributed by atoms with Crippen molar-refractivity contribution in [3.05, 3.63) is 23.9 Å². The fourth-order valence-corrected chi connectivity index (χ4v) is 2.63. The van der Waals surface area contributed by atoms with Crippen LogP contribution in [0.2, 0.25) is 0 Å². The Kier molecular flexibility index (Phi) is 4.95. The van der Waals surface area contributed by atoms with Gasteiger partial charge in [-0.1, -0.05) is 6.92 Å². The highest BCUT2D eigenvalue weighted by molar-refractivity contribution is 5.94. The van der Waals surface area contributed by atoms with Crippen LogP contribution in [0.4, 0.5) is 5.82 Å². The van der Waals surface area contributed by atoms with E-state index in [1.165, 1.54) is 0 Å². The van der Waals surface area contributed by atoms with E-state index in [4.69, 9.17) is 0 Å². The second-order valence-corrected chi connectivity index (χ2v) is 5.57. The van der Waals surface area contributed by atoms with E-state index in [9.17, 15) is 4.79 Å². The van der Waals surface area contributed by atoms with Crippen LogP contribution in [0.25, 0.3) is 0 Å². The summed E-state index contributed by atoms with van der Waals surface area (Å²) in [6.45, 7) is 7.10. The third kappa shape index (κ3) is 3.70. The van der Waals surface area contributed by atoms with E-state index < -0.39 is 0 Å². The maximum absolute atomic E-state index is 12.2. The summed E-state index contributed by atoms with van der Waals surface area (Å²) in [6, 6.07) is 3.92. The molecule has 1 amide bonds. The zero-order chi connectivity index (χ0) is 14.5. The molecule has 5 heteroatoms. The Morgan fingerprint density at radius 2 is 2.30 bits per heavy atom. The Labute approximate surface area is 120 Å². The number of pyridine rings is 1. The first kappa shape index (κ1) is 14.8. The van der Waals surface area contributed by atoms with Gasteiger partial charge in [-0.3, -0.25) is 4.79 Å². The highest BCUT2D eigenvalue weighted by atomic mass is 16.1. The van der Waals surface area contributed by atoms with Crippen LogP contribution in [0.5, 0.6) is 0 Å². The smallest absolute Gasteiger partial charge is 0.253 e. The van der Waals surface area contributed by atoms with Crippen molar-refractivity contribution in [2.24, 2.45) is 5.92 Å². The van der Waals surface area contributed by atoms with E-state index in [-0.39, 0.29) is 11.9 Å². The van der Waals surface area contributed by atoms with Crippen molar-refractivity contribution in [3.8, 4) is 0 Å². The van der Waals surface area contributed by atoms with Crippen molar-refractivity contribution in [1.82, 2.24) is 15.2 Å². The number of anilines is 1. The lowest BCUT2D eigenvalue weighted by Gasteiger charge is -2.35. The minimum Gasteiger partial charge on any atom is -0.370 e. The topological polar surface area (TPSA) is 57.3 Å². The van der Waals surface area contributed by atoms with Crippen molar-refractivity contribution >= 4 is 11.7 Å². The molecule has 0 spiro atoms. The Morgan fingerprint density at radius 3 is 2.90 bits per heavy atom. The van der Waals surface area contributed by atoms with Crippen molar-refractivity contribution in [2.75, 3.05) is 32.0 Å². The van der Waals surface area contributed by atoms with Crippen molar-refractivity contribution < 1.29 is 4.79 Å². The highest BCUT2D eigenvalue weighted by Gasteiger charge is 2.25. The van der Waals surface area contributed by atoms with Gasteiger partial charge >= 0.3 is 0 Å². The molecule has 1 fully saturated rings. The molecule has 1 aromatic heterocycles. The first-order valence-electron chi connectivity index (χ1n) is 7.29. The normalized spacial score (nSPS) is 23.4. The van der Waals surface area contributed by atoms with E-state index in [1.54, 1.807) is 6.20 Å². The van der Waals surface area contributed by atoms with E-state index in [1.807, 2.05) is 19.1 Å². The molecule has 20 heavy (non-hydrogen) atoms. The number of amides is 1. The first-order valence-corrected chi connectivity index (χ1v) is 7.29. The van der Waals surface area contributed by atoms with Gasteiger partial charge in [-0.05, 0) is 45.0 Å². The van der Waals surface area contributed by atoms with E-state index in [0.717, 1.165) is 31.9 Å². The van der Waals surface area contributed by atoms with Crippen LogP contribution in [0, 0.1) is 5.92 Å². The highest BCUT2D eigenvalue weighted by Crippen LogP contribution is 2.16. The summed E-state index contributed by atoms with van der Waals surface area (Å²) in [6.07, 6.45) is 2.64. The van der Waals surface area contributed by atoms with Gasteiger partial charge in [-0.2, -0.15) is 0 Å². The van der Waals surface area contributed by atoms with Crippen LogP contribution in [0.1, 0.15) is 30.6 Å². The molecule has 2 rings (SSSR count). The fraction of sp³-hybridized carbons (Fsp3) is 0.600. The van der Waals surface area contributed by atoms with Gasteiger partial charge in [0.2, 0.25) is 0 Å². The lowest BCUT2D eigenvalue weighted by molar-refractivity contribution is 0.0883. The second-order valence-electron chi connectivity index (χ2n) is 5.57. The van der Waals surface area contributed by atoms with Crippen LogP contribution in [0.15, 0.2) is 18.3 Å². The maximum atomic E-state index is 12.2. The molecule has 5 nitrogen and oxygen atoms in total. The second kappa shape index (κ2) is 6.70. The van der Waals surface area contributed by atoms with Gasteiger partial charge < -0.3 is 15.5 Å². The quantitative estimate of drug-likeness (QED) is 0.877. The molecule has 2 N–H and O–H groups in total. The molecular formula is C15H24N4O. The van der Waals surface area contributed by atoms with Gasteiger partial charge in [0.15, 0.2) is 0 Å². The molecule has 2 atom stereocenters. The molecule has 110 valence electrons. The summed E-state index contributed by atoms with van der Waals surface area (Å²) < 4.78 is 0. The molecule has 1 aromatic rings. The number of nitrogens with zero attached hydrogens (tertiary/aromatic N) is 2. The molecule has 2 unspecified atom stereocenters. The Morgan fingerprint density at radius 1 is 1.50 bits per heavy atom. The zero-order valence-electron chi connectivity index (χ0n) is 12.5. The van der Waals surface area contributed by atoms with Crippen molar-refractivity contribution in [3.63, 3.8) is 0 Å². The molecule has 0 bridgehead atoms. The van der Waals surface area contributed by atoms with E-state index in [2.05, 4.69) is 34.5 Å². The Hall–Kier alpha value is -1.62. The summed E-state index contributed by atoms with van der Waals surface area (Å²) in [7, 11) is 2.12. The van der Waals surface area contributed by atoms with Gasteiger partial charge in [-0.15, -0.1) is 0 Å². The first-order chi connectivity index (χ1) is 9.60. The molecule has 0 aromatic carbocycles. The third-order valence-electron chi connectivity index (χ3n) is 3.81. The summed E-state index contributed by atoms with van der Waals surface area (Å²) in [5, 5.41) is 6.25. The van der Waals surface area contributed by atoms with Crippen LogP contribution in [0.3, 0.4) is 0 Å². The number of hydrogen-bond acceptors (Lipinski definition) is 4. The number of aromatic nitrogens is 1. The molecule has 0 aliphatic carbocycles. The van der Waals surface area contributed by atoms with Crippen LogP contribution >= 0.6 is 0 Å². The number of rotatable bonds is 4. The molecule has 0 saturated carbocycles. The zero-order valence-corrected chi connectivity index (χ0v) is 12.5. The van der Waals surface area contributed by atoms with Crippen molar-refractivity contribution in [1.29, 1.82) is 0 Å². The minimum absolute atomic E-state index is 0.0260. The predicted octanol–water partition coefficient (Wildman–Crippen LogP) is 1.58. The maximum Gasteiger partial charge on any atom is 0.253 e. The lowest BCUT2D eigenvalue weighted by Crippen LogP contribution is -2.48. The molecule has 1 saturated heterocycles. The van der Waals surface area contributed by atoms with E-state index >= 15 is 0 Å². The monoisotopic (exact) mass is 276 g/mol. The summed E-state index contributed by atoms with van der Waals surface area (Å²) in [5.74, 6) is 1.25. The van der Waals surface area contributed by atoms with Crippen LogP contribution in [-0.2, 0) is 0 Å². The molecule has 1 aliphatic rings. The minimum atomic E-state index is -0.0260. The van der Waals surface area contributed by atoms with Gasteiger partial charge in [0, 0.05) is 25.3 Å². The van der Waals surface area contributed by atoms with E-state index in [0.29, 0.717) is 11.5 Å². The number of carbonyl (C=O) groups excluding carboxylic acids is 1. The van der Waals surface area contributed by atoms with Gasteiger partial charge in [0.05, 0.1) is 5.56 Å². The molecular weight excluding hydrogens is 252 g/mol. The lowest BCUT2D eigenvalue weighted by atomic mass is 9.94. The standard InChI is InChI=1S/C15H24N4O/c1-4-16-14-6-5-12(9-17-14)15(20)18-13-7-8-19(3)10-11(13)2/h5-6,9,11,13H,4,7-8,10H2,1-3H3,(H,16,17)(H,18,20). The average molecular weight is 276 g/mol. The molecule has 2 heterocycles. The average Bonchev–Trinajstić information content (AvgIpc) is 2.43. The van der Waals surface area contributed by atoms with Crippen LogP contribution in [-0.4, -0.2) is 48.5 Å². The van der Waals surface area contributed by atoms with Crippen LogP contribution < -0.4 is 10.6 Å². The summed E-state index contributed by atoms with van der Waals surface area (Å²) in [5.41, 5.74) is 0.623. The van der Waals surface area contributed by atoms with Crippen molar-refractivity contribution in [2.45, 2.75) is 26.3 Å². The van der Waals surface area contributed by atoms with Gasteiger partial charge in [0.1, 0.15) is 5.82 Å². The Balaban J connectivity index is 1.94. The SMILES string of the molecule is CCNc1ccc(C(=O)NC2CCN(C)CC2C)cn1. The van der Waals surface area contributed by atoms with Gasteiger partial charge in [0.25, 0.3) is 5.91 Å². The fourth-order valence-electron chi connectivity index (χ4n) is 2.63. The number of piperidine rings is 1. The number of hydrogen-bond donors (Lipinski definition) is 2. The molecule has 0 radical (unpaired) electrons. The van der Waals surface area contributed by atoms with Gasteiger partial charge in [-0.25, -0.2) is 4.98 Å².